The van der Waals surface area contributed by atoms with Crippen molar-refractivity contribution in [2.75, 3.05) is 20.2 Å². The second-order valence-electron chi connectivity index (χ2n) is 6.45. The van der Waals surface area contributed by atoms with Crippen molar-refractivity contribution >= 4 is 11.0 Å². The van der Waals surface area contributed by atoms with Gasteiger partial charge in [-0.25, -0.2) is 4.58 Å². The van der Waals surface area contributed by atoms with E-state index in [9.17, 15) is 5.11 Å². The Hall–Kier alpha value is -2.75. The number of aromatic hydroxyl groups is 1. The second-order valence-corrected chi connectivity index (χ2v) is 6.45. The predicted molar refractivity (Wildman–Crippen MR) is 98.7 cm³/mol. The average molecular weight is 336 g/mol. The van der Waals surface area contributed by atoms with E-state index in [4.69, 9.17) is 9.15 Å². The third kappa shape index (κ3) is 3.12. The Labute approximate surface area is 146 Å². The number of phenolic OH excluding ortho intramolecular Hbond substituents is 1. The number of methoxy groups -OCH3 is 1. The molecule has 4 rings (SSSR count). The number of fused-ring (bicyclic) bond motifs is 1. The minimum Gasteiger partial charge on any atom is -0.508 e. The maximum Gasteiger partial charge on any atom is 0.214 e. The lowest BCUT2D eigenvalue weighted by atomic mass is 10.1. The molecule has 0 atom stereocenters. The van der Waals surface area contributed by atoms with Crippen LogP contribution < -0.4 is 14.7 Å². The van der Waals surface area contributed by atoms with Crippen molar-refractivity contribution < 1.29 is 14.3 Å². The Morgan fingerprint density at radius 3 is 2.44 bits per heavy atom. The molecular weight excluding hydrogens is 314 g/mol. The van der Waals surface area contributed by atoms with E-state index < -0.39 is 0 Å². The van der Waals surface area contributed by atoms with E-state index in [0.717, 1.165) is 46.5 Å². The first-order valence-corrected chi connectivity index (χ1v) is 8.74. The smallest absolute Gasteiger partial charge is 0.214 e. The quantitative estimate of drug-likeness (QED) is 0.725. The molecule has 1 fully saturated rings. The minimum absolute atomic E-state index is 0.262. The van der Waals surface area contributed by atoms with Crippen LogP contribution in [0, 0.1) is 0 Å². The van der Waals surface area contributed by atoms with Crippen LogP contribution in [0.5, 0.6) is 11.5 Å². The van der Waals surface area contributed by atoms with E-state index in [0.29, 0.717) is 0 Å². The molecule has 2 heterocycles. The van der Waals surface area contributed by atoms with Crippen LogP contribution in [0.1, 0.15) is 19.3 Å². The zero-order valence-electron chi connectivity index (χ0n) is 14.4. The van der Waals surface area contributed by atoms with Crippen molar-refractivity contribution in [2.24, 2.45) is 0 Å². The summed E-state index contributed by atoms with van der Waals surface area (Å²) in [6.07, 6.45) is 3.68. The van der Waals surface area contributed by atoms with Crippen molar-refractivity contribution in [3.8, 4) is 22.8 Å². The topological polar surface area (TPSA) is 45.6 Å². The third-order valence-corrected chi connectivity index (χ3v) is 4.80. The van der Waals surface area contributed by atoms with Gasteiger partial charge < -0.3 is 14.3 Å². The third-order valence-electron chi connectivity index (χ3n) is 4.80. The minimum atomic E-state index is 0.262. The molecule has 2 aromatic carbocycles. The summed E-state index contributed by atoms with van der Waals surface area (Å²) < 4.78 is 13.8. The number of benzene rings is 2. The molecule has 4 nitrogen and oxygen atoms in total. The molecule has 4 heteroatoms. The predicted octanol–water partition coefficient (Wildman–Crippen LogP) is 3.77. The largest absolute Gasteiger partial charge is 0.508 e. The molecule has 3 aromatic rings. The highest BCUT2D eigenvalue weighted by atomic mass is 16.5. The van der Waals surface area contributed by atoms with Crippen molar-refractivity contribution in [1.82, 2.24) is 4.58 Å². The molecule has 0 saturated carbocycles. The van der Waals surface area contributed by atoms with Crippen molar-refractivity contribution in [3.63, 3.8) is 0 Å². The van der Waals surface area contributed by atoms with Crippen LogP contribution in [-0.4, -0.2) is 25.3 Å². The van der Waals surface area contributed by atoms with Crippen LogP contribution in [0.3, 0.4) is 0 Å². The van der Waals surface area contributed by atoms with Crippen molar-refractivity contribution in [3.05, 3.63) is 53.9 Å². The van der Waals surface area contributed by atoms with Gasteiger partial charge in [0.1, 0.15) is 35.9 Å². The Bertz CT molecular complexity index is 963. The fourth-order valence-corrected chi connectivity index (χ4v) is 3.45. The summed E-state index contributed by atoms with van der Waals surface area (Å²) in [5, 5.41) is 12.0. The van der Waals surface area contributed by atoms with Gasteiger partial charge in [0.2, 0.25) is 5.36 Å². The summed E-state index contributed by atoms with van der Waals surface area (Å²) in [5.74, 6) is 1.91. The van der Waals surface area contributed by atoms with Crippen LogP contribution in [-0.2, 0) is 0 Å². The second kappa shape index (κ2) is 6.63. The van der Waals surface area contributed by atoms with Crippen molar-refractivity contribution in [2.45, 2.75) is 19.3 Å². The van der Waals surface area contributed by atoms with Crippen LogP contribution >= 0.6 is 0 Å². The summed E-state index contributed by atoms with van der Waals surface area (Å²) in [4.78, 5) is 0. The molecule has 0 bridgehead atoms. The lowest BCUT2D eigenvalue weighted by Crippen LogP contribution is -2.35. The first-order chi connectivity index (χ1) is 12.2. The highest BCUT2D eigenvalue weighted by Crippen LogP contribution is 2.26. The van der Waals surface area contributed by atoms with Gasteiger partial charge in [0, 0.05) is 18.4 Å². The van der Waals surface area contributed by atoms with Gasteiger partial charge >= 0.3 is 0 Å². The monoisotopic (exact) mass is 336 g/mol. The molecule has 1 aliphatic heterocycles. The lowest BCUT2D eigenvalue weighted by Gasteiger charge is -2.11. The Balaban J connectivity index is 1.96. The summed E-state index contributed by atoms with van der Waals surface area (Å²) in [5.41, 5.74) is 1.79. The first kappa shape index (κ1) is 15.8. The zero-order chi connectivity index (χ0) is 17.2. The summed E-state index contributed by atoms with van der Waals surface area (Å²) in [6, 6.07) is 15.3. The molecule has 1 N–H and O–H groups in total. The Kier molecular flexibility index (Phi) is 4.18. The average Bonchev–Trinajstić information content (AvgIpc) is 2.68. The van der Waals surface area contributed by atoms with Crippen LogP contribution in [0.15, 0.2) is 52.9 Å². The SMILES string of the molecule is COc1ccc(-c2cc(=[N+]3CCCCC3)c3cc(O)ccc3o2)cc1. The highest BCUT2D eigenvalue weighted by molar-refractivity contribution is 5.80. The van der Waals surface area contributed by atoms with Gasteiger partial charge in [-0.2, -0.15) is 0 Å². The van der Waals surface area contributed by atoms with Gasteiger partial charge in [-0.15, -0.1) is 0 Å². The normalized spacial score (nSPS) is 14.7. The van der Waals surface area contributed by atoms with Gasteiger partial charge in [-0.3, -0.25) is 0 Å². The Morgan fingerprint density at radius 1 is 0.960 bits per heavy atom. The van der Waals surface area contributed by atoms with E-state index in [-0.39, 0.29) is 5.75 Å². The molecule has 0 amide bonds. The standard InChI is InChI=1S/C21H21NO3/c1-24-17-8-5-15(6-9-17)21-14-19(22-11-3-2-4-12-22)18-13-16(23)7-10-20(18)25-21/h5-10,13-14H,2-4,11-12H2,1H3/p+1. The first-order valence-electron chi connectivity index (χ1n) is 8.74. The fraction of sp³-hybridized carbons (Fsp3) is 0.286. The van der Waals surface area contributed by atoms with Crippen LogP contribution in [0.25, 0.3) is 22.3 Å². The molecule has 1 aliphatic rings. The van der Waals surface area contributed by atoms with E-state index in [1.165, 1.54) is 19.3 Å². The van der Waals surface area contributed by atoms with Gasteiger partial charge in [-0.05, 0) is 48.9 Å². The van der Waals surface area contributed by atoms with Gasteiger partial charge in [-0.1, -0.05) is 0 Å². The maximum absolute atomic E-state index is 9.92. The maximum atomic E-state index is 9.92. The molecule has 0 unspecified atom stereocenters. The molecule has 1 saturated heterocycles. The van der Waals surface area contributed by atoms with E-state index in [1.54, 1.807) is 19.2 Å². The number of rotatable bonds is 2. The molecule has 0 aliphatic carbocycles. The number of phenols is 1. The molecular formula is C21H22NO3+. The van der Waals surface area contributed by atoms with Gasteiger partial charge in [0.05, 0.1) is 18.6 Å². The number of hydrogen-bond acceptors (Lipinski definition) is 3. The number of piperidine rings is 1. The number of ether oxygens (including phenoxy) is 1. The lowest BCUT2D eigenvalue weighted by molar-refractivity contribution is 0.415. The fourth-order valence-electron chi connectivity index (χ4n) is 3.45. The summed E-state index contributed by atoms with van der Waals surface area (Å²) in [6.45, 7) is 2.08. The molecule has 128 valence electrons. The van der Waals surface area contributed by atoms with Crippen LogP contribution in [0.4, 0.5) is 0 Å². The molecule has 0 radical (unpaired) electrons. The van der Waals surface area contributed by atoms with Gasteiger partial charge in [0.15, 0.2) is 0 Å². The summed E-state index contributed by atoms with van der Waals surface area (Å²) >= 11 is 0. The molecule has 0 spiro atoms. The zero-order valence-corrected chi connectivity index (χ0v) is 14.4. The van der Waals surface area contributed by atoms with Crippen LogP contribution in [0.2, 0.25) is 0 Å². The van der Waals surface area contributed by atoms with Crippen molar-refractivity contribution in [1.29, 1.82) is 0 Å². The summed E-state index contributed by atoms with van der Waals surface area (Å²) in [7, 11) is 1.66. The molecule has 1 aromatic heterocycles. The van der Waals surface area contributed by atoms with E-state index in [2.05, 4.69) is 10.6 Å². The number of nitrogens with zero attached hydrogens (tertiary/aromatic N) is 1. The van der Waals surface area contributed by atoms with E-state index >= 15 is 0 Å². The molecule has 25 heavy (non-hydrogen) atoms. The Morgan fingerprint density at radius 2 is 1.72 bits per heavy atom. The van der Waals surface area contributed by atoms with Gasteiger partial charge in [0.25, 0.3) is 0 Å². The van der Waals surface area contributed by atoms with E-state index in [1.807, 2.05) is 30.3 Å². The number of hydrogen-bond donors (Lipinski definition) is 1. The highest BCUT2D eigenvalue weighted by Gasteiger charge is 2.16.